The van der Waals surface area contributed by atoms with Crippen LogP contribution in [0.3, 0.4) is 0 Å². The van der Waals surface area contributed by atoms with Gasteiger partial charge in [-0.05, 0) is 25.3 Å². The molecular formula is C14H27N3. The van der Waals surface area contributed by atoms with E-state index in [-0.39, 0.29) is 0 Å². The molecule has 0 bridgehead atoms. The average Bonchev–Trinajstić information content (AvgIpc) is 2.70. The molecule has 17 heavy (non-hydrogen) atoms. The average molecular weight is 237 g/mol. The molecule has 1 rings (SSSR count). The standard InChI is InChI=1S/C14H27N3/c1-5-7-12(3)13(15-6-2)8-9-14-16-10-11-17(14)4/h10-13,15H,5-9H2,1-4H3. The topological polar surface area (TPSA) is 29.9 Å². The molecule has 0 aliphatic rings. The summed E-state index contributed by atoms with van der Waals surface area (Å²) in [6.45, 7) is 7.86. The number of hydrogen-bond acceptors (Lipinski definition) is 2. The van der Waals surface area contributed by atoms with Crippen LogP contribution in [0, 0.1) is 5.92 Å². The second kappa shape index (κ2) is 7.49. The van der Waals surface area contributed by atoms with Crippen LogP contribution in [-0.2, 0) is 13.5 Å². The first-order valence-corrected chi connectivity index (χ1v) is 6.88. The zero-order chi connectivity index (χ0) is 12.7. The van der Waals surface area contributed by atoms with Gasteiger partial charge in [0.1, 0.15) is 5.82 Å². The van der Waals surface area contributed by atoms with Crippen LogP contribution in [0.25, 0.3) is 0 Å². The fourth-order valence-electron chi connectivity index (χ4n) is 2.43. The third kappa shape index (κ3) is 4.50. The maximum atomic E-state index is 4.39. The summed E-state index contributed by atoms with van der Waals surface area (Å²) in [6.07, 6.45) is 8.72. The SMILES string of the molecule is CCCC(C)C(CCc1nccn1C)NCC. The second-order valence-corrected chi connectivity index (χ2v) is 4.92. The van der Waals surface area contributed by atoms with Crippen LogP contribution in [0.4, 0.5) is 0 Å². The Labute approximate surface area is 106 Å². The molecule has 3 nitrogen and oxygen atoms in total. The zero-order valence-corrected chi connectivity index (χ0v) is 11.7. The van der Waals surface area contributed by atoms with Crippen LogP contribution in [-0.4, -0.2) is 22.1 Å². The number of hydrogen-bond donors (Lipinski definition) is 1. The molecule has 0 saturated heterocycles. The summed E-state index contributed by atoms with van der Waals surface area (Å²) in [5.74, 6) is 1.94. The van der Waals surface area contributed by atoms with E-state index in [1.54, 1.807) is 0 Å². The lowest BCUT2D eigenvalue weighted by molar-refractivity contribution is 0.340. The van der Waals surface area contributed by atoms with Gasteiger partial charge in [-0.2, -0.15) is 0 Å². The molecule has 0 aliphatic heterocycles. The Morgan fingerprint density at radius 2 is 2.12 bits per heavy atom. The molecule has 0 saturated carbocycles. The molecule has 3 heteroatoms. The minimum absolute atomic E-state index is 0.622. The molecule has 1 aromatic heterocycles. The van der Waals surface area contributed by atoms with Crippen LogP contribution >= 0.6 is 0 Å². The fraction of sp³-hybridized carbons (Fsp3) is 0.786. The van der Waals surface area contributed by atoms with E-state index in [0.717, 1.165) is 18.9 Å². The lowest BCUT2D eigenvalue weighted by Gasteiger charge is -2.24. The van der Waals surface area contributed by atoms with Gasteiger partial charge in [0.25, 0.3) is 0 Å². The molecule has 1 N–H and O–H groups in total. The molecule has 0 aromatic carbocycles. The Morgan fingerprint density at radius 1 is 1.35 bits per heavy atom. The summed E-state index contributed by atoms with van der Waals surface area (Å²) in [7, 11) is 2.07. The van der Waals surface area contributed by atoms with Gasteiger partial charge in [-0.25, -0.2) is 4.98 Å². The summed E-state index contributed by atoms with van der Waals surface area (Å²) in [5.41, 5.74) is 0. The highest BCUT2D eigenvalue weighted by molar-refractivity contribution is 4.92. The predicted molar refractivity (Wildman–Crippen MR) is 73.1 cm³/mol. The predicted octanol–water partition coefficient (Wildman–Crippen LogP) is 2.77. The van der Waals surface area contributed by atoms with Crippen molar-refractivity contribution in [3.05, 3.63) is 18.2 Å². The molecule has 1 heterocycles. The number of aryl methyl sites for hydroxylation is 2. The summed E-state index contributed by atoms with van der Waals surface area (Å²) >= 11 is 0. The maximum absolute atomic E-state index is 4.39. The van der Waals surface area contributed by atoms with Gasteiger partial charge in [0.15, 0.2) is 0 Å². The van der Waals surface area contributed by atoms with Gasteiger partial charge >= 0.3 is 0 Å². The van der Waals surface area contributed by atoms with E-state index >= 15 is 0 Å². The van der Waals surface area contributed by atoms with Crippen molar-refractivity contribution in [1.29, 1.82) is 0 Å². The summed E-state index contributed by atoms with van der Waals surface area (Å²) in [6, 6.07) is 0.622. The van der Waals surface area contributed by atoms with E-state index in [0.29, 0.717) is 6.04 Å². The lowest BCUT2D eigenvalue weighted by atomic mass is 9.93. The molecule has 0 spiro atoms. The van der Waals surface area contributed by atoms with E-state index < -0.39 is 0 Å². The first-order chi connectivity index (χ1) is 8.19. The van der Waals surface area contributed by atoms with Crippen molar-refractivity contribution < 1.29 is 0 Å². The van der Waals surface area contributed by atoms with Crippen molar-refractivity contribution in [1.82, 2.24) is 14.9 Å². The minimum atomic E-state index is 0.622. The highest BCUT2D eigenvalue weighted by Crippen LogP contribution is 2.15. The Balaban J connectivity index is 2.46. The van der Waals surface area contributed by atoms with Crippen LogP contribution in [0.1, 0.15) is 45.9 Å². The third-order valence-electron chi connectivity index (χ3n) is 3.50. The molecule has 1 aromatic rings. The number of rotatable bonds is 8. The van der Waals surface area contributed by atoms with Crippen LogP contribution in [0.2, 0.25) is 0 Å². The van der Waals surface area contributed by atoms with E-state index in [2.05, 4.69) is 42.7 Å². The van der Waals surface area contributed by atoms with Gasteiger partial charge in [-0.15, -0.1) is 0 Å². The van der Waals surface area contributed by atoms with Gasteiger partial charge in [0, 0.05) is 31.9 Å². The van der Waals surface area contributed by atoms with E-state index in [1.807, 2.05) is 12.4 Å². The third-order valence-corrected chi connectivity index (χ3v) is 3.50. The van der Waals surface area contributed by atoms with E-state index in [9.17, 15) is 0 Å². The monoisotopic (exact) mass is 237 g/mol. The number of nitrogens with one attached hydrogen (secondary N) is 1. The van der Waals surface area contributed by atoms with Gasteiger partial charge in [-0.1, -0.05) is 27.2 Å². The normalized spacial score (nSPS) is 14.8. The molecule has 0 aliphatic carbocycles. The summed E-state index contributed by atoms with van der Waals surface area (Å²) in [4.78, 5) is 4.39. The number of imidazole rings is 1. The number of aromatic nitrogens is 2. The largest absolute Gasteiger partial charge is 0.338 e. The lowest BCUT2D eigenvalue weighted by Crippen LogP contribution is -2.35. The fourth-order valence-corrected chi connectivity index (χ4v) is 2.43. The van der Waals surface area contributed by atoms with Crippen molar-refractivity contribution in [2.75, 3.05) is 6.54 Å². The van der Waals surface area contributed by atoms with Crippen molar-refractivity contribution in [2.24, 2.45) is 13.0 Å². The Kier molecular flexibility index (Phi) is 6.27. The minimum Gasteiger partial charge on any atom is -0.338 e. The highest BCUT2D eigenvalue weighted by atomic mass is 15.0. The van der Waals surface area contributed by atoms with Gasteiger partial charge in [0.2, 0.25) is 0 Å². The molecule has 2 unspecified atom stereocenters. The van der Waals surface area contributed by atoms with Crippen LogP contribution in [0.5, 0.6) is 0 Å². The highest BCUT2D eigenvalue weighted by Gasteiger charge is 2.16. The molecule has 0 amide bonds. The van der Waals surface area contributed by atoms with Gasteiger partial charge in [-0.3, -0.25) is 0 Å². The van der Waals surface area contributed by atoms with E-state index in [4.69, 9.17) is 0 Å². The quantitative estimate of drug-likeness (QED) is 0.753. The molecular weight excluding hydrogens is 210 g/mol. The smallest absolute Gasteiger partial charge is 0.108 e. The molecule has 0 fully saturated rings. The molecule has 2 atom stereocenters. The molecule has 98 valence electrons. The first kappa shape index (κ1) is 14.2. The maximum Gasteiger partial charge on any atom is 0.108 e. The second-order valence-electron chi connectivity index (χ2n) is 4.92. The van der Waals surface area contributed by atoms with Crippen molar-refractivity contribution in [3.8, 4) is 0 Å². The Hall–Kier alpha value is -0.830. The van der Waals surface area contributed by atoms with Gasteiger partial charge < -0.3 is 9.88 Å². The number of nitrogens with zero attached hydrogens (tertiary/aromatic N) is 2. The zero-order valence-electron chi connectivity index (χ0n) is 11.7. The van der Waals surface area contributed by atoms with E-state index in [1.165, 1.54) is 25.1 Å². The van der Waals surface area contributed by atoms with Crippen molar-refractivity contribution in [3.63, 3.8) is 0 Å². The molecule has 0 radical (unpaired) electrons. The van der Waals surface area contributed by atoms with Crippen LogP contribution < -0.4 is 5.32 Å². The Morgan fingerprint density at radius 3 is 2.65 bits per heavy atom. The Bertz CT molecular complexity index is 306. The van der Waals surface area contributed by atoms with Crippen molar-refractivity contribution >= 4 is 0 Å². The van der Waals surface area contributed by atoms with Gasteiger partial charge in [0.05, 0.1) is 0 Å². The van der Waals surface area contributed by atoms with Crippen LogP contribution in [0.15, 0.2) is 12.4 Å². The van der Waals surface area contributed by atoms with Crippen molar-refractivity contribution in [2.45, 2.75) is 52.5 Å². The summed E-state index contributed by atoms with van der Waals surface area (Å²) < 4.78 is 2.12. The summed E-state index contributed by atoms with van der Waals surface area (Å²) in [5, 5.41) is 3.61. The first-order valence-electron chi connectivity index (χ1n) is 6.88.